The molecule has 0 aliphatic carbocycles. The van der Waals surface area contributed by atoms with Crippen molar-refractivity contribution < 1.29 is 47.7 Å². The zero-order valence-corrected chi connectivity index (χ0v) is 65.2. The minimum atomic E-state index is -0.302. The molecule has 0 fully saturated rings. The number of unbranched alkanes of at least 4 members (excludes halogenated alkanes) is 25. The molecule has 16 heteroatoms. The standard InChI is InChI=1S/C42H70N2O5S.C41H68N2O5S/c1-5-7-9-11-13-18-24-34-48-40(45)30-20-16-15-17-22-31-44(42(47)50-36-33-43(3)4)32-23-21-27-38-28-26-29-39(37-38)41(46)49-35-25-19-14-12-10-8-6-2;1-5-7-9-11-13-18-22-33-47-39(44)29-20-16-15-17-21-30-43(41(46)49-35-32-42(3)4)31-25-27-37-26-24-28-38(36-37)40(45)48-34-23-19-14-12-10-8-6-2/h18-19,24-26,28-29,37H,5-17,20-23,27,30-36H2,1-4H3;18-19,22-24,26,28,36H,5-17,20-21,25,27,29-35H2,1-4H3/b24-18-,25-19-;22-18-,23-19-. The Morgan fingerprint density at radius 1 is 0.343 bits per heavy atom. The lowest BCUT2D eigenvalue weighted by Gasteiger charge is -2.23. The molecule has 0 heterocycles. The van der Waals surface area contributed by atoms with Crippen LogP contribution in [-0.2, 0) is 41.4 Å². The van der Waals surface area contributed by atoms with Gasteiger partial charge in [0.2, 0.25) is 0 Å². The van der Waals surface area contributed by atoms with E-state index in [1.165, 1.54) is 126 Å². The third-order valence-corrected chi connectivity index (χ3v) is 18.7. The summed E-state index contributed by atoms with van der Waals surface area (Å²) < 4.78 is 21.6. The Bertz CT molecular complexity index is 2470. The zero-order valence-electron chi connectivity index (χ0n) is 63.6. The normalized spacial score (nSPS) is 11.5. The Labute approximate surface area is 611 Å². The number of esters is 4. The lowest BCUT2D eigenvalue weighted by atomic mass is 10.0. The number of aryl methyl sites for hydroxylation is 2. The highest BCUT2D eigenvalue weighted by atomic mass is 32.2. The first-order chi connectivity index (χ1) is 48.2. The molecule has 0 saturated heterocycles. The second kappa shape index (κ2) is 67.3. The van der Waals surface area contributed by atoms with Gasteiger partial charge in [-0.25, -0.2) is 9.59 Å². The molecule has 0 atom stereocenters. The van der Waals surface area contributed by atoms with Crippen LogP contribution in [0.25, 0.3) is 0 Å². The lowest BCUT2D eigenvalue weighted by Crippen LogP contribution is -2.31. The van der Waals surface area contributed by atoms with Crippen LogP contribution in [0, 0.1) is 0 Å². The fourth-order valence-corrected chi connectivity index (χ4v) is 12.8. The molecule has 2 aromatic carbocycles. The van der Waals surface area contributed by atoms with Crippen LogP contribution in [0.1, 0.15) is 284 Å². The van der Waals surface area contributed by atoms with Gasteiger partial charge in [0.15, 0.2) is 0 Å². The van der Waals surface area contributed by atoms with Crippen LogP contribution in [0.4, 0.5) is 9.59 Å². The Morgan fingerprint density at radius 3 is 1.02 bits per heavy atom. The van der Waals surface area contributed by atoms with Crippen molar-refractivity contribution in [1.29, 1.82) is 0 Å². The van der Waals surface area contributed by atoms with E-state index in [0.29, 0.717) is 56.9 Å². The summed E-state index contributed by atoms with van der Waals surface area (Å²) in [4.78, 5) is 83.6. The van der Waals surface area contributed by atoms with Crippen LogP contribution in [0.15, 0.2) is 97.1 Å². The average molecular weight is 1420 g/mol. The van der Waals surface area contributed by atoms with Crippen molar-refractivity contribution >= 4 is 57.9 Å². The number of benzene rings is 2. The number of carbonyl (C=O) groups is 6. The van der Waals surface area contributed by atoms with Crippen LogP contribution < -0.4 is 0 Å². The molecule has 2 rings (SSSR count). The molecule has 0 saturated carbocycles. The maximum atomic E-state index is 13.1. The van der Waals surface area contributed by atoms with E-state index in [1.54, 1.807) is 6.07 Å². The summed E-state index contributed by atoms with van der Waals surface area (Å²) in [7, 11) is 8.09. The molecule has 0 aliphatic heterocycles. The molecule has 0 aliphatic rings. The predicted molar refractivity (Wildman–Crippen MR) is 420 cm³/mol. The fourth-order valence-electron chi connectivity index (χ4n) is 10.8. The second-order valence-electron chi connectivity index (χ2n) is 26.7. The summed E-state index contributed by atoms with van der Waals surface area (Å²) in [5.41, 5.74) is 3.35. The Hall–Kier alpha value is -5.16. The van der Waals surface area contributed by atoms with Crippen molar-refractivity contribution in [3.8, 4) is 0 Å². The van der Waals surface area contributed by atoms with Crippen molar-refractivity contribution in [2.24, 2.45) is 0 Å². The van der Waals surface area contributed by atoms with Gasteiger partial charge in [-0.15, -0.1) is 0 Å². The van der Waals surface area contributed by atoms with Gasteiger partial charge in [-0.2, -0.15) is 0 Å². The first-order valence-electron chi connectivity index (χ1n) is 38.8. The number of hydrogen-bond acceptors (Lipinski definition) is 14. The van der Waals surface area contributed by atoms with Crippen molar-refractivity contribution in [2.45, 2.75) is 265 Å². The molecule has 2 amide bonds. The molecular formula is C83H138N4O10S2. The van der Waals surface area contributed by atoms with E-state index in [0.717, 1.165) is 177 Å². The quantitative estimate of drug-likeness (QED) is 0.0267. The molecule has 0 unspecified atom stereocenters. The maximum absolute atomic E-state index is 13.1. The highest BCUT2D eigenvalue weighted by Crippen LogP contribution is 2.19. The van der Waals surface area contributed by atoms with E-state index in [2.05, 4.69) is 67.9 Å². The first-order valence-corrected chi connectivity index (χ1v) is 40.8. The van der Waals surface area contributed by atoms with Crippen molar-refractivity contribution in [2.75, 3.05) is 105 Å². The van der Waals surface area contributed by atoms with Gasteiger partial charge in [0.05, 0.1) is 11.1 Å². The van der Waals surface area contributed by atoms with Gasteiger partial charge in [-0.05, 0) is 173 Å². The summed E-state index contributed by atoms with van der Waals surface area (Å²) in [6.45, 7) is 14.8. The second-order valence-corrected chi connectivity index (χ2v) is 28.7. The van der Waals surface area contributed by atoms with Gasteiger partial charge in [-0.1, -0.05) is 240 Å². The van der Waals surface area contributed by atoms with Crippen molar-refractivity contribution in [3.63, 3.8) is 0 Å². The van der Waals surface area contributed by atoms with Crippen LogP contribution in [0.5, 0.6) is 0 Å². The molecule has 0 radical (unpaired) electrons. The number of allylic oxidation sites excluding steroid dienone is 4. The summed E-state index contributed by atoms with van der Waals surface area (Å²) in [6, 6.07) is 15.4. The number of hydrogen-bond donors (Lipinski definition) is 0. The van der Waals surface area contributed by atoms with Crippen LogP contribution in [0.2, 0.25) is 0 Å². The summed E-state index contributed by atoms with van der Waals surface area (Å²) in [6.07, 6.45) is 55.2. The number of nitrogens with zero attached hydrogens (tertiary/aromatic N) is 4. The van der Waals surface area contributed by atoms with E-state index < -0.39 is 0 Å². The highest BCUT2D eigenvalue weighted by molar-refractivity contribution is 8.13. The van der Waals surface area contributed by atoms with Gasteiger partial charge in [0, 0.05) is 63.6 Å². The molecule has 562 valence electrons. The van der Waals surface area contributed by atoms with Crippen molar-refractivity contribution in [1.82, 2.24) is 19.6 Å². The third-order valence-electron chi connectivity index (χ3n) is 16.9. The number of thioether (sulfide) groups is 2. The highest BCUT2D eigenvalue weighted by Gasteiger charge is 2.17. The van der Waals surface area contributed by atoms with E-state index >= 15 is 0 Å². The molecule has 2 aromatic rings. The van der Waals surface area contributed by atoms with E-state index in [9.17, 15) is 28.8 Å². The Morgan fingerprint density at radius 2 is 0.657 bits per heavy atom. The number of ether oxygens (including phenoxy) is 4. The van der Waals surface area contributed by atoms with Crippen LogP contribution in [0.3, 0.4) is 0 Å². The fraction of sp³-hybridized carbons (Fsp3) is 0.687. The predicted octanol–water partition coefficient (Wildman–Crippen LogP) is 21.2. The first kappa shape index (κ1) is 91.9. The molecule has 0 spiro atoms. The molecule has 14 nitrogen and oxygen atoms in total. The van der Waals surface area contributed by atoms with Gasteiger partial charge in [-0.3, -0.25) is 19.2 Å². The summed E-state index contributed by atoms with van der Waals surface area (Å²) >= 11 is 2.80. The van der Waals surface area contributed by atoms with Gasteiger partial charge < -0.3 is 38.5 Å². The summed E-state index contributed by atoms with van der Waals surface area (Å²) in [5, 5.41) is 0.291. The molecule has 0 aromatic heterocycles. The topological polar surface area (TPSA) is 152 Å². The number of rotatable bonds is 61. The number of amides is 2. The largest absolute Gasteiger partial charge is 0.461 e. The minimum absolute atomic E-state index is 0.116. The molecule has 99 heavy (non-hydrogen) atoms. The van der Waals surface area contributed by atoms with E-state index in [1.807, 2.05) is 98.7 Å². The van der Waals surface area contributed by atoms with Crippen LogP contribution >= 0.6 is 23.5 Å². The van der Waals surface area contributed by atoms with Crippen LogP contribution in [-0.4, -0.2) is 159 Å². The van der Waals surface area contributed by atoms with Gasteiger partial charge in [0.1, 0.15) is 26.4 Å². The zero-order chi connectivity index (χ0) is 72.3. The summed E-state index contributed by atoms with van der Waals surface area (Å²) in [5.74, 6) is 0.727. The smallest absolute Gasteiger partial charge is 0.338 e. The average Bonchev–Trinajstić information content (AvgIpc) is 0.937. The SMILES string of the molecule is CCCCCC/C=C\COC(=O)CCCCCCCN(CCCCc1cccc(C(=O)OC/C=C\CCCCCC)c1)C(=O)SCCN(C)C.CCCCCC/C=C\COC(=O)CCCCCCCN(CCCc1cccc(C(=O)OC/C=C\CCCCCC)c1)C(=O)SCCN(C)C. The minimum Gasteiger partial charge on any atom is -0.461 e. The maximum Gasteiger partial charge on any atom is 0.338 e. The molecule has 0 bridgehead atoms. The lowest BCUT2D eigenvalue weighted by molar-refractivity contribution is -0.143. The van der Waals surface area contributed by atoms with Crippen molar-refractivity contribution in [3.05, 3.63) is 119 Å². The van der Waals surface area contributed by atoms with Gasteiger partial charge in [0.25, 0.3) is 10.5 Å². The van der Waals surface area contributed by atoms with Gasteiger partial charge >= 0.3 is 23.9 Å². The van der Waals surface area contributed by atoms with E-state index in [-0.39, 0.29) is 34.4 Å². The third kappa shape index (κ3) is 57.1. The monoisotopic (exact) mass is 1410 g/mol. The number of carbonyl (C=O) groups excluding carboxylic acids is 6. The Kier molecular flexibility index (Phi) is 62.5. The molecular weight excluding hydrogens is 1280 g/mol. The molecule has 0 N–H and O–H groups in total. The van der Waals surface area contributed by atoms with E-state index in [4.69, 9.17) is 18.9 Å². The Balaban J connectivity index is 0.000000990.